The molecule has 0 amide bonds. The molecule has 182 valence electrons. The predicted octanol–water partition coefficient (Wildman–Crippen LogP) is 8.75. The summed E-state index contributed by atoms with van der Waals surface area (Å²) in [7, 11) is -0.402. The van der Waals surface area contributed by atoms with Gasteiger partial charge in [-0.2, -0.15) is 0 Å². The Bertz CT molecular complexity index is 500. The predicted molar refractivity (Wildman–Crippen MR) is 138 cm³/mol. The van der Waals surface area contributed by atoms with Gasteiger partial charge in [0.25, 0.3) is 0 Å². The standard InChI is InChI=1S/C27H52O3Si/c1-8-12-13-14-15-16-17-18-19-20-21-22-23-25(27(28)29-7)26(24(5)6)30-31(9-2,10-3)11-4/h23,26H,5,8-22H2,1-4,6-7H3/b25-23-. The Hall–Kier alpha value is -0.873. The average Bonchev–Trinajstić information content (AvgIpc) is 2.78. The van der Waals surface area contributed by atoms with Crippen molar-refractivity contribution in [2.24, 2.45) is 0 Å². The third-order valence-electron chi connectivity index (χ3n) is 6.62. The maximum atomic E-state index is 12.5. The number of carbonyl (C=O) groups is 1. The van der Waals surface area contributed by atoms with Crippen molar-refractivity contribution in [3.63, 3.8) is 0 Å². The van der Waals surface area contributed by atoms with E-state index in [-0.39, 0.29) is 12.1 Å². The third kappa shape index (κ3) is 12.7. The molecule has 0 fully saturated rings. The molecule has 0 aliphatic heterocycles. The van der Waals surface area contributed by atoms with E-state index in [9.17, 15) is 4.79 Å². The van der Waals surface area contributed by atoms with E-state index in [2.05, 4.69) is 40.3 Å². The van der Waals surface area contributed by atoms with Crippen LogP contribution in [0.1, 0.15) is 112 Å². The minimum absolute atomic E-state index is 0.276. The molecule has 0 aromatic heterocycles. The molecule has 0 heterocycles. The number of esters is 1. The Morgan fingerprint density at radius 1 is 0.839 bits per heavy atom. The van der Waals surface area contributed by atoms with Gasteiger partial charge in [0, 0.05) is 0 Å². The van der Waals surface area contributed by atoms with Crippen LogP contribution in [0.4, 0.5) is 0 Å². The Kier molecular flexibility index (Phi) is 18.1. The van der Waals surface area contributed by atoms with Gasteiger partial charge in [0.1, 0.15) is 0 Å². The van der Waals surface area contributed by atoms with Gasteiger partial charge in [-0.1, -0.05) is 105 Å². The molecule has 0 radical (unpaired) electrons. The summed E-state index contributed by atoms with van der Waals surface area (Å²) in [6.45, 7) is 15.0. The quantitative estimate of drug-likeness (QED) is 0.0608. The first-order chi connectivity index (χ1) is 14.9. The lowest BCUT2D eigenvalue weighted by Crippen LogP contribution is -2.42. The van der Waals surface area contributed by atoms with Gasteiger partial charge in [0.05, 0.1) is 18.8 Å². The number of hydrogen-bond donors (Lipinski definition) is 0. The second-order valence-corrected chi connectivity index (χ2v) is 13.8. The van der Waals surface area contributed by atoms with E-state index in [4.69, 9.17) is 9.16 Å². The van der Waals surface area contributed by atoms with E-state index in [1.807, 2.05) is 6.92 Å². The normalized spacial score (nSPS) is 13.3. The van der Waals surface area contributed by atoms with Crippen molar-refractivity contribution in [1.82, 2.24) is 0 Å². The summed E-state index contributed by atoms with van der Waals surface area (Å²) in [5.74, 6) is -0.276. The van der Waals surface area contributed by atoms with Gasteiger partial charge in [-0.05, 0) is 43.5 Å². The van der Waals surface area contributed by atoms with Gasteiger partial charge >= 0.3 is 5.97 Å². The third-order valence-corrected chi connectivity index (χ3v) is 11.2. The molecule has 0 N–H and O–H groups in total. The van der Waals surface area contributed by atoms with Crippen LogP contribution in [0.2, 0.25) is 18.1 Å². The van der Waals surface area contributed by atoms with Crippen LogP contribution in [-0.2, 0) is 14.0 Å². The van der Waals surface area contributed by atoms with Crippen LogP contribution >= 0.6 is 0 Å². The van der Waals surface area contributed by atoms with Crippen molar-refractivity contribution >= 4 is 14.3 Å². The summed E-state index contributed by atoms with van der Waals surface area (Å²) >= 11 is 0. The second kappa shape index (κ2) is 18.7. The lowest BCUT2D eigenvalue weighted by molar-refractivity contribution is -0.137. The van der Waals surface area contributed by atoms with Crippen molar-refractivity contribution in [2.45, 2.75) is 136 Å². The van der Waals surface area contributed by atoms with Crippen LogP contribution in [0.3, 0.4) is 0 Å². The lowest BCUT2D eigenvalue weighted by Gasteiger charge is -2.34. The molecule has 0 spiro atoms. The highest BCUT2D eigenvalue weighted by molar-refractivity contribution is 6.73. The van der Waals surface area contributed by atoms with E-state index >= 15 is 0 Å². The maximum Gasteiger partial charge on any atom is 0.336 e. The van der Waals surface area contributed by atoms with Crippen molar-refractivity contribution < 1.29 is 14.0 Å². The highest BCUT2D eigenvalue weighted by Gasteiger charge is 2.35. The molecule has 3 nitrogen and oxygen atoms in total. The Labute approximate surface area is 195 Å². The first kappa shape index (κ1) is 30.1. The molecule has 31 heavy (non-hydrogen) atoms. The molecular formula is C27H52O3Si. The number of rotatable bonds is 20. The maximum absolute atomic E-state index is 12.5. The Morgan fingerprint density at radius 2 is 1.29 bits per heavy atom. The molecular weight excluding hydrogens is 400 g/mol. The minimum atomic E-state index is -1.86. The largest absolute Gasteiger partial charge is 0.466 e. The average molecular weight is 453 g/mol. The number of ether oxygens (including phenoxy) is 1. The summed E-state index contributed by atoms with van der Waals surface area (Å²) in [6.07, 6.45) is 17.2. The SMILES string of the molecule is C=C(C)C(O[Si](CC)(CC)CC)/C(=C/CCCCCCCCCCCCC)C(=O)OC. The van der Waals surface area contributed by atoms with E-state index in [0.29, 0.717) is 5.57 Å². The van der Waals surface area contributed by atoms with Crippen LogP contribution in [0.25, 0.3) is 0 Å². The fourth-order valence-corrected chi connectivity index (χ4v) is 6.99. The highest BCUT2D eigenvalue weighted by atomic mass is 28.4. The van der Waals surface area contributed by atoms with Gasteiger partial charge in [-0.25, -0.2) is 4.79 Å². The molecule has 0 aromatic carbocycles. The Morgan fingerprint density at radius 3 is 1.68 bits per heavy atom. The van der Waals surface area contributed by atoms with E-state index in [1.54, 1.807) is 0 Å². The van der Waals surface area contributed by atoms with Gasteiger partial charge in [-0.3, -0.25) is 0 Å². The topological polar surface area (TPSA) is 35.5 Å². The lowest BCUT2D eigenvalue weighted by atomic mass is 10.0. The van der Waals surface area contributed by atoms with Gasteiger partial charge in [0.15, 0.2) is 8.32 Å². The second-order valence-electron chi connectivity index (χ2n) is 9.06. The first-order valence-electron chi connectivity index (χ1n) is 13.0. The zero-order valence-electron chi connectivity index (χ0n) is 21.7. The van der Waals surface area contributed by atoms with Gasteiger partial charge in [-0.15, -0.1) is 0 Å². The van der Waals surface area contributed by atoms with E-state index in [0.717, 1.165) is 36.5 Å². The zero-order chi connectivity index (χ0) is 23.5. The summed E-state index contributed by atoms with van der Waals surface area (Å²) < 4.78 is 11.8. The van der Waals surface area contributed by atoms with Crippen LogP contribution in [0.5, 0.6) is 0 Å². The van der Waals surface area contributed by atoms with Gasteiger partial charge < -0.3 is 9.16 Å². The minimum Gasteiger partial charge on any atom is -0.466 e. The van der Waals surface area contributed by atoms with Crippen molar-refractivity contribution in [1.29, 1.82) is 0 Å². The molecule has 0 saturated heterocycles. The summed E-state index contributed by atoms with van der Waals surface area (Å²) in [5, 5.41) is 0. The van der Waals surface area contributed by atoms with Crippen LogP contribution in [0, 0.1) is 0 Å². The van der Waals surface area contributed by atoms with Crippen molar-refractivity contribution in [3.05, 3.63) is 23.8 Å². The van der Waals surface area contributed by atoms with Crippen molar-refractivity contribution in [3.8, 4) is 0 Å². The van der Waals surface area contributed by atoms with E-state index in [1.165, 1.54) is 71.3 Å². The van der Waals surface area contributed by atoms with Crippen LogP contribution < -0.4 is 0 Å². The molecule has 0 bridgehead atoms. The van der Waals surface area contributed by atoms with Crippen LogP contribution in [-0.4, -0.2) is 27.5 Å². The first-order valence-corrected chi connectivity index (χ1v) is 15.6. The molecule has 4 heteroatoms. The highest BCUT2D eigenvalue weighted by Crippen LogP contribution is 2.29. The van der Waals surface area contributed by atoms with Gasteiger partial charge in [0.2, 0.25) is 0 Å². The molecule has 0 saturated carbocycles. The fourth-order valence-electron chi connectivity index (χ4n) is 4.16. The zero-order valence-corrected chi connectivity index (χ0v) is 22.7. The Balaban J connectivity index is 4.61. The monoisotopic (exact) mass is 452 g/mol. The van der Waals surface area contributed by atoms with Crippen LogP contribution in [0.15, 0.2) is 23.8 Å². The summed E-state index contributed by atoms with van der Waals surface area (Å²) in [5.41, 5.74) is 1.54. The molecule has 0 rings (SSSR count). The number of carbonyl (C=O) groups excluding carboxylic acids is 1. The number of hydrogen-bond acceptors (Lipinski definition) is 3. The number of allylic oxidation sites excluding steroid dienone is 1. The molecule has 0 aliphatic carbocycles. The fraction of sp³-hybridized carbons (Fsp3) is 0.815. The smallest absolute Gasteiger partial charge is 0.336 e. The molecule has 0 aliphatic rings. The molecule has 1 unspecified atom stereocenters. The number of unbranched alkanes of at least 4 members (excludes halogenated alkanes) is 11. The molecule has 1 atom stereocenters. The summed E-state index contributed by atoms with van der Waals surface area (Å²) in [4.78, 5) is 12.5. The summed E-state index contributed by atoms with van der Waals surface area (Å²) in [6, 6.07) is 3.16. The van der Waals surface area contributed by atoms with Crippen molar-refractivity contribution in [2.75, 3.05) is 7.11 Å². The molecule has 0 aromatic rings. The number of methoxy groups -OCH3 is 1. The van der Waals surface area contributed by atoms with E-state index < -0.39 is 8.32 Å².